The van der Waals surface area contributed by atoms with Crippen LogP contribution in [0, 0.1) is 11.3 Å². The fraction of sp³-hybridized carbons (Fsp3) is 0.522. The number of piperidine rings is 1. The van der Waals surface area contributed by atoms with Gasteiger partial charge in [-0.15, -0.1) is 0 Å². The van der Waals surface area contributed by atoms with Gasteiger partial charge in [0.1, 0.15) is 5.84 Å². The average Bonchev–Trinajstić information content (AvgIpc) is 3.28. The van der Waals surface area contributed by atoms with Crippen LogP contribution in [-0.4, -0.2) is 63.4 Å². The van der Waals surface area contributed by atoms with Gasteiger partial charge in [-0.05, 0) is 42.8 Å². The van der Waals surface area contributed by atoms with E-state index in [0.29, 0.717) is 32.4 Å². The summed E-state index contributed by atoms with van der Waals surface area (Å²) in [6.07, 6.45) is 4.08. The molecule has 158 valence electrons. The number of aromatic nitrogens is 1. The quantitative estimate of drug-likeness (QED) is 0.841. The summed E-state index contributed by atoms with van der Waals surface area (Å²) in [5.74, 6) is -0.108. The highest BCUT2D eigenvalue weighted by Gasteiger charge is 2.53. The molecule has 30 heavy (non-hydrogen) atoms. The molecule has 2 saturated heterocycles. The van der Waals surface area contributed by atoms with Crippen molar-refractivity contribution >= 4 is 28.6 Å². The van der Waals surface area contributed by atoms with Crippen LogP contribution in [0.15, 0.2) is 35.5 Å². The smallest absolute Gasteiger partial charge is 0.306 e. The van der Waals surface area contributed by atoms with E-state index in [2.05, 4.69) is 56.7 Å². The molecule has 1 spiro atoms. The third-order valence-corrected chi connectivity index (χ3v) is 7.03. The molecular formula is C23H28N4O3. The monoisotopic (exact) mass is 408 g/mol. The lowest BCUT2D eigenvalue weighted by molar-refractivity contribution is -0.143. The predicted octanol–water partition coefficient (Wildman–Crippen LogP) is 2.59. The number of rotatable bonds is 4. The van der Waals surface area contributed by atoms with E-state index in [9.17, 15) is 14.7 Å². The molecule has 4 heterocycles. The Bertz CT molecular complexity index is 1030. The molecule has 1 amide bonds. The molecule has 2 aromatic rings. The maximum Gasteiger partial charge on any atom is 0.306 e. The van der Waals surface area contributed by atoms with Gasteiger partial charge in [-0.1, -0.05) is 12.1 Å². The molecule has 1 aromatic heterocycles. The Hall–Kier alpha value is -2.67. The first-order valence-corrected chi connectivity index (χ1v) is 10.9. The van der Waals surface area contributed by atoms with Crippen LogP contribution in [0.3, 0.4) is 0 Å². The molecule has 0 bridgehead atoms. The number of carbonyl (C=O) groups excluding carboxylic acids is 1. The number of benzene rings is 1. The van der Waals surface area contributed by atoms with Gasteiger partial charge in [0.05, 0.1) is 11.3 Å². The van der Waals surface area contributed by atoms with E-state index in [1.54, 1.807) is 0 Å². The summed E-state index contributed by atoms with van der Waals surface area (Å²) < 4.78 is 2.25. The third kappa shape index (κ3) is 3.21. The predicted molar refractivity (Wildman–Crippen MR) is 114 cm³/mol. The molecule has 7 heteroatoms. The number of fused-ring (bicyclic) bond motifs is 1. The van der Waals surface area contributed by atoms with Crippen LogP contribution >= 0.6 is 0 Å². The Kier molecular flexibility index (Phi) is 4.65. The van der Waals surface area contributed by atoms with E-state index in [-0.39, 0.29) is 17.2 Å². The number of likely N-dealkylation sites (tertiary alicyclic amines) is 2. The molecule has 2 fully saturated rings. The van der Waals surface area contributed by atoms with Gasteiger partial charge < -0.3 is 14.6 Å². The van der Waals surface area contributed by atoms with Crippen molar-refractivity contribution in [3.63, 3.8) is 0 Å². The minimum atomic E-state index is -0.713. The van der Waals surface area contributed by atoms with E-state index < -0.39 is 5.97 Å². The van der Waals surface area contributed by atoms with Crippen molar-refractivity contribution in [3.05, 3.63) is 36.0 Å². The molecule has 0 saturated carbocycles. The van der Waals surface area contributed by atoms with E-state index in [1.165, 1.54) is 16.5 Å². The van der Waals surface area contributed by atoms with E-state index >= 15 is 0 Å². The van der Waals surface area contributed by atoms with Crippen molar-refractivity contribution in [1.82, 2.24) is 14.4 Å². The van der Waals surface area contributed by atoms with Gasteiger partial charge in [-0.2, -0.15) is 4.99 Å². The fourth-order valence-corrected chi connectivity index (χ4v) is 5.25. The van der Waals surface area contributed by atoms with Crippen molar-refractivity contribution in [3.8, 4) is 0 Å². The van der Waals surface area contributed by atoms with Gasteiger partial charge in [-0.25, -0.2) is 0 Å². The lowest BCUT2D eigenvalue weighted by atomic mass is 9.77. The Labute approximate surface area is 176 Å². The second-order valence-corrected chi connectivity index (χ2v) is 9.03. The number of hydrogen-bond acceptors (Lipinski definition) is 4. The molecule has 1 N–H and O–H groups in total. The lowest BCUT2D eigenvalue weighted by Crippen LogP contribution is -2.58. The highest BCUT2D eigenvalue weighted by Crippen LogP contribution is 2.41. The Morgan fingerprint density at radius 2 is 2.00 bits per heavy atom. The van der Waals surface area contributed by atoms with Gasteiger partial charge in [0.2, 0.25) is 0 Å². The van der Waals surface area contributed by atoms with Gasteiger partial charge in [0.15, 0.2) is 0 Å². The van der Waals surface area contributed by atoms with Crippen molar-refractivity contribution in [1.29, 1.82) is 0 Å². The molecule has 7 nitrogen and oxygen atoms in total. The zero-order chi connectivity index (χ0) is 20.9. The van der Waals surface area contributed by atoms with Crippen LogP contribution in [-0.2, 0) is 22.7 Å². The minimum Gasteiger partial charge on any atom is -0.481 e. The maximum absolute atomic E-state index is 12.7. The van der Waals surface area contributed by atoms with Crippen LogP contribution < -0.4 is 0 Å². The third-order valence-electron chi connectivity index (χ3n) is 7.03. The first kappa shape index (κ1) is 19.3. The number of amides is 1. The zero-order valence-corrected chi connectivity index (χ0v) is 17.4. The fourth-order valence-electron chi connectivity index (χ4n) is 5.25. The number of carboxylic acids is 1. The summed E-state index contributed by atoms with van der Waals surface area (Å²) in [6.45, 7) is 6.81. The molecule has 3 aliphatic rings. The summed E-state index contributed by atoms with van der Waals surface area (Å²) in [5, 5.41) is 10.4. The first-order valence-electron chi connectivity index (χ1n) is 10.9. The molecule has 0 atom stereocenters. The topological polar surface area (TPSA) is 78.1 Å². The van der Waals surface area contributed by atoms with Crippen LogP contribution in [0.1, 0.15) is 31.7 Å². The van der Waals surface area contributed by atoms with Crippen LogP contribution in [0.25, 0.3) is 10.9 Å². The molecule has 5 rings (SSSR count). The van der Waals surface area contributed by atoms with Crippen molar-refractivity contribution < 1.29 is 14.7 Å². The van der Waals surface area contributed by atoms with E-state index in [1.807, 2.05) is 0 Å². The van der Waals surface area contributed by atoms with Crippen LogP contribution in [0.2, 0.25) is 0 Å². The van der Waals surface area contributed by atoms with Crippen LogP contribution in [0.4, 0.5) is 0 Å². The summed E-state index contributed by atoms with van der Waals surface area (Å²) in [5.41, 5.74) is 2.16. The maximum atomic E-state index is 12.7. The lowest BCUT2D eigenvalue weighted by Gasteiger charge is -2.46. The van der Waals surface area contributed by atoms with Gasteiger partial charge in [0, 0.05) is 57.4 Å². The summed E-state index contributed by atoms with van der Waals surface area (Å²) in [6, 6.07) is 8.76. The molecule has 0 unspecified atom stereocenters. The van der Waals surface area contributed by atoms with E-state index in [4.69, 9.17) is 0 Å². The van der Waals surface area contributed by atoms with Crippen molar-refractivity contribution in [2.45, 2.75) is 39.3 Å². The van der Waals surface area contributed by atoms with E-state index in [0.717, 1.165) is 32.0 Å². The zero-order valence-electron chi connectivity index (χ0n) is 17.4. The highest BCUT2D eigenvalue weighted by molar-refractivity contribution is 6.05. The molecule has 0 radical (unpaired) electrons. The molecular weight excluding hydrogens is 380 g/mol. The SMILES string of the molecule is CCn1ccc2ccc(CN3CC4(CC(N5CCC(C(=O)O)CC5)=NC4=O)C3)cc21. The van der Waals surface area contributed by atoms with Gasteiger partial charge >= 0.3 is 5.97 Å². The number of amidine groups is 1. The van der Waals surface area contributed by atoms with Gasteiger partial charge in [-0.3, -0.25) is 14.5 Å². The summed E-state index contributed by atoms with van der Waals surface area (Å²) in [4.78, 5) is 32.7. The number of aliphatic carboxylic acids is 1. The number of aliphatic imine (C=N–C) groups is 1. The second-order valence-electron chi connectivity index (χ2n) is 9.03. The number of carboxylic acid groups (broad SMARTS) is 1. The molecule has 3 aliphatic heterocycles. The van der Waals surface area contributed by atoms with Crippen molar-refractivity contribution in [2.75, 3.05) is 26.2 Å². The Morgan fingerprint density at radius 1 is 1.23 bits per heavy atom. The minimum absolute atomic E-state index is 0.00409. The molecule has 0 aliphatic carbocycles. The van der Waals surface area contributed by atoms with Gasteiger partial charge in [0.25, 0.3) is 5.91 Å². The summed E-state index contributed by atoms with van der Waals surface area (Å²) >= 11 is 0. The number of carbonyl (C=O) groups is 2. The normalized spacial score (nSPS) is 22.0. The Balaban J connectivity index is 1.19. The Morgan fingerprint density at radius 3 is 2.70 bits per heavy atom. The number of nitrogens with zero attached hydrogens (tertiary/aromatic N) is 4. The standard InChI is InChI=1S/C23H28N4O3/c1-2-26-8-5-17-4-3-16(11-19(17)26)13-25-14-23(15-25)12-20(24-22(23)30)27-9-6-18(7-10-27)21(28)29/h3-5,8,11,18H,2,6-7,9-10,12-15H2,1H3,(H,28,29). The largest absolute Gasteiger partial charge is 0.481 e. The highest BCUT2D eigenvalue weighted by atomic mass is 16.4. The second kappa shape index (κ2) is 7.23. The summed E-state index contributed by atoms with van der Waals surface area (Å²) in [7, 11) is 0. The first-order chi connectivity index (χ1) is 14.5. The number of aryl methyl sites for hydroxylation is 1. The average molecular weight is 409 g/mol. The number of hydrogen-bond donors (Lipinski definition) is 1. The van der Waals surface area contributed by atoms with Crippen molar-refractivity contribution in [2.24, 2.45) is 16.3 Å². The van der Waals surface area contributed by atoms with Crippen LogP contribution in [0.5, 0.6) is 0 Å². The molecule has 1 aromatic carbocycles.